The number of nitrogens with one attached hydrogen (secondary N) is 1. The van der Waals surface area contributed by atoms with Crippen LogP contribution in [0.25, 0.3) is 0 Å². The van der Waals surface area contributed by atoms with E-state index in [1.54, 1.807) is 30.5 Å². The summed E-state index contributed by atoms with van der Waals surface area (Å²) in [5.41, 5.74) is 2.48. The van der Waals surface area contributed by atoms with Crippen LogP contribution in [-0.2, 0) is 27.7 Å². The van der Waals surface area contributed by atoms with Crippen LogP contribution >= 0.6 is 0 Å². The molecule has 0 bridgehead atoms. The number of amides is 1. The second-order valence-electron chi connectivity index (χ2n) is 7.19. The minimum atomic E-state index is -3.89. The molecule has 0 saturated carbocycles. The summed E-state index contributed by atoms with van der Waals surface area (Å²) < 4.78 is 40.6. The fraction of sp³-hybridized carbons (Fsp3) is 0.474. The maximum Gasteiger partial charge on any atom is 0.235 e. The van der Waals surface area contributed by atoms with Gasteiger partial charge in [-0.15, -0.1) is 0 Å². The molecule has 2 rings (SSSR count). The lowest BCUT2D eigenvalue weighted by Crippen LogP contribution is -2.31. The number of hydrogen-bond acceptors (Lipinski definition) is 4. The molecule has 6 nitrogen and oxygen atoms in total. The van der Waals surface area contributed by atoms with Crippen molar-refractivity contribution >= 4 is 15.7 Å². The highest BCUT2D eigenvalue weighted by atomic mass is 32.2. The van der Waals surface area contributed by atoms with Crippen LogP contribution in [0.4, 0.5) is 4.39 Å². The number of imidazole rings is 1. The van der Waals surface area contributed by atoms with Crippen molar-refractivity contribution in [1.82, 2.24) is 14.9 Å². The van der Waals surface area contributed by atoms with E-state index in [1.807, 2.05) is 20.8 Å². The number of aryl methyl sites for hydroxylation is 2. The zero-order chi connectivity index (χ0) is 20.4. The Morgan fingerprint density at radius 2 is 1.93 bits per heavy atom. The molecule has 0 aliphatic heterocycles. The highest BCUT2D eigenvalue weighted by Gasteiger charge is 2.27. The predicted octanol–water partition coefficient (Wildman–Crippen LogP) is 2.69. The first-order valence-electron chi connectivity index (χ1n) is 8.79. The summed E-state index contributed by atoms with van der Waals surface area (Å²) in [6.45, 7) is 9.74. The molecule has 1 aromatic heterocycles. The van der Waals surface area contributed by atoms with Crippen molar-refractivity contribution in [2.24, 2.45) is 5.92 Å². The summed E-state index contributed by atoms with van der Waals surface area (Å²) in [7, 11) is -3.89. The number of rotatable bonds is 7. The van der Waals surface area contributed by atoms with Gasteiger partial charge in [-0.05, 0) is 43.9 Å². The molecule has 2 aromatic rings. The average Bonchev–Trinajstić information content (AvgIpc) is 2.84. The highest BCUT2D eigenvalue weighted by Crippen LogP contribution is 2.18. The topological polar surface area (TPSA) is 81.1 Å². The van der Waals surface area contributed by atoms with Crippen molar-refractivity contribution in [1.29, 1.82) is 0 Å². The Bertz CT molecular complexity index is 949. The van der Waals surface area contributed by atoms with Gasteiger partial charge in [0.1, 0.15) is 11.6 Å². The van der Waals surface area contributed by atoms with Crippen LogP contribution in [0.15, 0.2) is 23.4 Å². The molecule has 0 aliphatic rings. The van der Waals surface area contributed by atoms with Crippen LogP contribution < -0.4 is 5.32 Å². The van der Waals surface area contributed by atoms with Gasteiger partial charge in [0, 0.05) is 18.8 Å². The minimum Gasteiger partial charge on any atom is -0.351 e. The molecule has 8 heteroatoms. The number of sulfone groups is 1. The lowest BCUT2D eigenvalue weighted by atomic mass is 10.1. The molecular formula is C19H26FN3O3S. The lowest BCUT2D eigenvalue weighted by molar-refractivity contribution is -0.118. The lowest BCUT2D eigenvalue weighted by Gasteiger charge is -2.13. The largest absolute Gasteiger partial charge is 0.351 e. The van der Waals surface area contributed by atoms with Crippen LogP contribution in [0.1, 0.15) is 36.4 Å². The van der Waals surface area contributed by atoms with E-state index >= 15 is 0 Å². The van der Waals surface area contributed by atoms with E-state index < -0.39 is 21.5 Å². The van der Waals surface area contributed by atoms with Gasteiger partial charge < -0.3 is 9.88 Å². The molecule has 1 amide bonds. The van der Waals surface area contributed by atoms with E-state index in [9.17, 15) is 17.6 Å². The van der Waals surface area contributed by atoms with Gasteiger partial charge in [-0.25, -0.2) is 17.8 Å². The molecular weight excluding hydrogens is 369 g/mol. The SMILES string of the molecule is Cc1ccc(CNC(=O)CS(=O)(=O)c2nc(C)c(C)n2CC(C)C)cc1F. The van der Waals surface area contributed by atoms with Crippen LogP contribution in [0.3, 0.4) is 0 Å². The number of carbonyl (C=O) groups excluding carboxylic acids is 1. The van der Waals surface area contributed by atoms with E-state index in [2.05, 4.69) is 10.3 Å². The Labute approximate surface area is 159 Å². The quantitative estimate of drug-likeness (QED) is 0.782. The maximum atomic E-state index is 13.6. The number of aromatic nitrogens is 2. The van der Waals surface area contributed by atoms with Crippen LogP contribution in [0, 0.1) is 32.5 Å². The Morgan fingerprint density at radius 1 is 1.26 bits per heavy atom. The fourth-order valence-corrected chi connectivity index (χ4v) is 4.08. The smallest absolute Gasteiger partial charge is 0.235 e. The first-order chi connectivity index (χ1) is 12.5. The summed E-state index contributed by atoms with van der Waals surface area (Å²) in [6.07, 6.45) is 0. The minimum absolute atomic E-state index is 0.0596. The van der Waals surface area contributed by atoms with E-state index in [1.165, 1.54) is 6.07 Å². The molecule has 0 spiro atoms. The number of halogens is 1. The number of carbonyl (C=O) groups is 1. The molecule has 0 unspecified atom stereocenters. The molecule has 0 fully saturated rings. The summed E-state index contributed by atoms with van der Waals surface area (Å²) in [6, 6.07) is 4.63. The van der Waals surface area contributed by atoms with Gasteiger partial charge >= 0.3 is 0 Å². The van der Waals surface area contributed by atoms with Gasteiger partial charge in [-0.2, -0.15) is 0 Å². The Morgan fingerprint density at radius 3 is 2.52 bits per heavy atom. The summed E-state index contributed by atoms with van der Waals surface area (Å²) >= 11 is 0. The third-order valence-electron chi connectivity index (χ3n) is 4.30. The number of hydrogen-bond donors (Lipinski definition) is 1. The first-order valence-corrected chi connectivity index (χ1v) is 10.4. The number of nitrogens with zero attached hydrogens (tertiary/aromatic N) is 2. The van der Waals surface area contributed by atoms with Crippen molar-refractivity contribution in [2.75, 3.05) is 5.75 Å². The normalized spacial score (nSPS) is 11.8. The first kappa shape index (κ1) is 21.1. The second kappa shape index (κ2) is 8.21. The molecule has 148 valence electrons. The van der Waals surface area contributed by atoms with Gasteiger partial charge in [0.05, 0.1) is 5.69 Å². The third-order valence-corrected chi connectivity index (χ3v) is 5.81. The Kier molecular flexibility index (Phi) is 6.41. The van der Waals surface area contributed by atoms with E-state index in [0.29, 0.717) is 23.4 Å². The zero-order valence-corrected chi connectivity index (χ0v) is 17.2. The van der Waals surface area contributed by atoms with Gasteiger partial charge in [-0.3, -0.25) is 4.79 Å². The molecule has 0 aliphatic carbocycles. The fourth-order valence-electron chi connectivity index (χ4n) is 2.68. The van der Waals surface area contributed by atoms with Crippen LogP contribution in [0.2, 0.25) is 0 Å². The average molecular weight is 396 g/mol. The van der Waals surface area contributed by atoms with Crippen LogP contribution in [-0.4, -0.2) is 29.6 Å². The molecule has 27 heavy (non-hydrogen) atoms. The van der Waals surface area contributed by atoms with Gasteiger partial charge in [0.25, 0.3) is 0 Å². The molecule has 1 heterocycles. The van der Waals surface area contributed by atoms with Crippen molar-refractivity contribution in [3.63, 3.8) is 0 Å². The predicted molar refractivity (Wildman–Crippen MR) is 102 cm³/mol. The van der Waals surface area contributed by atoms with E-state index in [4.69, 9.17) is 0 Å². The summed E-state index contributed by atoms with van der Waals surface area (Å²) in [4.78, 5) is 16.3. The second-order valence-corrected chi connectivity index (χ2v) is 9.07. The third kappa shape index (κ3) is 5.15. The van der Waals surface area contributed by atoms with Crippen molar-refractivity contribution < 1.29 is 17.6 Å². The van der Waals surface area contributed by atoms with Crippen molar-refractivity contribution in [3.8, 4) is 0 Å². The monoisotopic (exact) mass is 395 g/mol. The maximum absolute atomic E-state index is 13.6. The standard InChI is InChI=1S/C19H26FN3O3S/c1-12(2)10-23-15(5)14(4)22-19(23)27(25,26)11-18(24)21-9-16-7-6-13(3)17(20)8-16/h6-8,12H,9-11H2,1-5H3,(H,21,24). The zero-order valence-electron chi connectivity index (χ0n) is 16.3. The highest BCUT2D eigenvalue weighted by molar-refractivity contribution is 7.92. The summed E-state index contributed by atoms with van der Waals surface area (Å²) in [5, 5.41) is 2.45. The Hall–Kier alpha value is -2.22. The van der Waals surface area contributed by atoms with Crippen molar-refractivity contribution in [3.05, 3.63) is 46.5 Å². The molecule has 1 aromatic carbocycles. The summed E-state index contributed by atoms with van der Waals surface area (Å²) in [5.74, 6) is -1.48. The molecule has 0 saturated heterocycles. The van der Waals surface area contributed by atoms with Crippen molar-refractivity contribution in [2.45, 2.75) is 52.9 Å². The van der Waals surface area contributed by atoms with Gasteiger partial charge in [-0.1, -0.05) is 26.0 Å². The molecule has 1 N–H and O–H groups in total. The van der Waals surface area contributed by atoms with E-state index in [-0.39, 0.29) is 23.4 Å². The number of benzene rings is 1. The molecule has 0 radical (unpaired) electrons. The van der Waals surface area contributed by atoms with Gasteiger partial charge in [0.15, 0.2) is 0 Å². The van der Waals surface area contributed by atoms with Crippen LogP contribution in [0.5, 0.6) is 0 Å². The Balaban J connectivity index is 2.12. The molecule has 0 atom stereocenters. The van der Waals surface area contributed by atoms with E-state index in [0.717, 1.165) is 5.69 Å². The van der Waals surface area contributed by atoms with Gasteiger partial charge in [0.2, 0.25) is 20.9 Å².